The van der Waals surface area contributed by atoms with Crippen LogP contribution in [0.15, 0.2) is 59.5 Å². The van der Waals surface area contributed by atoms with Crippen molar-refractivity contribution < 1.29 is 26.8 Å². The molecule has 2 unspecified atom stereocenters. The molecule has 8 heteroatoms. The third-order valence-corrected chi connectivity index (χ3v) is 8.29. The van der Waals surface area contributed by atoms with E-state index >= 15 is 0 Å². The van der Waals surface area contributed by atoms with Crippen LogP contribution >= 0.6 is 0 Å². The molecule has 7 nitrogen and oxygen atoms in total. The van der Waals surface area contributed by atoms with Crippen LogP contribution in [0.2, 0.25) is 0 Å². The Morgan fingerprint density at radius 3 is 2.23 bits per heavy atom. The summed E-state index contributed by atoms with van der Waals surface area (Å²) in [5.74, 6) is 2.19. The average molecular weight is 496 g/mol. The molecule has 2 atom stereocenters. The average Bonchev–Trinajstić information content (AvgIpc) is 2.88. The van der Waals surface area contributed by atoms with Gasteiger partial charge in [0.1, 0.15) is 4.90 Å². The fourth-order valence-corrected chi connectivity index (χ4v) is 6.36. The standard InChI is InChI=1S/C27H29NO6S/c1-17-20-10-11-23(31-2)27(34-35(29,30)19-8-6-5-7-9-19)22(20)16-28-13-12-18-14-24(32-3)25(33-4)15-21(18)26(17)28/h5-11,14-15,17,26H,12-13,16H2,1-4H3. The van der Waals surface area contributed by atoms with Crippen LogP contribution in [0, 0.1) is 0 Å². The Labute approximate surface area is 206 Å². The molecule has 2 aliphatic heterocycles. The smallest absolute Gasteiger partial charge is 0.339 e. The first-order chi connectivity index (χ1) is 16.9. The van der Waals surface area contributed by atoms with Crippen LogP contribution in [0.3, 0.4) is 0 Å². The summed E-state index contributed by atoms with van der Waals surface area (Å²) in [5.41, 5.74) is 4.35. The molecule has 2 heterocycles. The number of hydrogen-bond acceptors (Lipinski definition) is 7. The molecular weight excluding hydrogens is 466 g/mol. The van der Waals surface area contributed by atoms with E-state index in [1.54, 1.807) is 38.5 Å². The molecular formula is C27H29NO6S. The minimum atomic E-state index is -4.02. The lowest BCUT2D eigenvalue weighted by Crippen LogP contribution is -2.41. The summed E-state index contributed by atoms with van der Waals surface area (Å²) in [5, 5.41) is 0. The van der Waals surface area contributed by atoms with E-state index in [1.807, 2.05) is 6.07 Å². The highest BCUT2D eigenvalue weighted by molar-refractivity contribution is 7.87. The van der Waals surface area contributed by atoms with E-state index < -0.39 is 10.1 Å². The molecule has 184 valence electrons. The second-order valence-electron chi connectivity index (χ2n) is 8.88. The van der Waals surface area contributed by atoms with E-state index in [-0.39, 0.29) is 22.6 Å². The van der Waals surface area contributed by atoms with Crippen molar-refractivity contribution >= 4 is 10.1 Å². The Morgan fingerprint density at radius 2 is 1.54 bits per heavy atom. The van der Waals surface area contributed by atoms with Gasteiger partial charge >= 0.3 is 10.1 Å². The third kappa shape index (κ3) is 4.00. The minimum Gasteiger partial charge on any atom is -0.493 e. The normalized spacial score (nSPS) is 19.2. The van der Waals surface area contributed by atoms with Crippen molar-refractivity contribution in [1.29, 1.82) is 0 Å². The van der Waals surface area contributed by atoms with E-state index in [0.717, 1.165) is 29.8 Å². The monoisotopic (exact) mass is 495 g/mol. The molecule has 35 heavy (non-hydrogen) atoms. The van der Waals surface area contributed by atoms with Gasteiger partial charge in [0.2, 0.25) is 0 Å². The lowest BCUT2D eigenvalue weighted by Gasteiger charge is -2.45. The summed E-state index contributed by atoms with van der Waals surface area (Å²) >= 11 is 0. The number of fused-ring (bicyclic) bond motifs is 4. The summed E-state index contributed by atoms with van der Waals surface area (Å²) in [6.45, 7) is 3.55. The number of benzene rings is 3. The van der Waals surface area contributed by atoms with Crippen molar-refractivity contribution in [1.82, 2.24) is 4.90 Å². The molecule has 0 spiro atoms. The third-order valence-electron chi connectivity index (χ3n) is 7.06. The maximum Gasteiger partial charge on any atom is 0.339 e. The van der Waals surface area contributed by atoms with Crippen molar-refractivity contribution in [3.8, 4) is 23.0 Å². The fourth-order valence-electron chi connectivity index (χ4n) is 5.37. The van der Waals surface area contributed by atoms with E-state index in [4.69, 9.17) is 18.4 Å². The number of rotatable bonds is 6. The molecule has 0 bridgehead atoms. The molecule has 3 aromatic carbocycles. The first-order valence-corrected chi connectivity index (χ1v) is 13.0. The Hall–Kier alpha value is -3.23. The van der Waals surface area contributed by atoms with Crippen LogP contribution in [0.1, 0.15) is 41.1 Å². The zero-order chi connectivity index (χ0) is 24.7. The lowest BCUT2D eigenvalue weighted by molar-refractivity contribution is 0.137. The van der Waals surface area contributed by atoms with E-state index in [2.05, 4.69) is 24.0 Å². The summed E-state index contributed by atoms with van der Waals surface area (Å²) in [6.07, 6.45) is 0.858. The van der Waals surface area contributed by atoms with Crippen molar-refractivity contribution in [3.63, 3.8) is 0 Å². The number of nitrogens with zero attached hydrogens (tertiary/aromatic N) is 1. The molecule has 2 aliphatic rings. The van der Waals surface area contributed by atoms with Crippen LogP contribution in [0.5, 0.6) is 23.0 Å². The predicted octanol–water partition coefficient (Wildman–Crippen LogP) is 4.70. The number of methoxy groups -OCH3 is 3. The van der Waals surface area contributed by atoms with Gasteiger partial charge in [0.25, 0.3) is 0 Å². The Balaban J connectivity index is 1.59. The van der Waals surface area contributed by atoms with Gasteiger partial charge in [0.05, 0.1) is 21.3 Å². The molecule has 0 radical (unpaired) electrons. The highest BCUT2D eigenvalue weighted by atomic mass is 32.2. The lowest BCUT2D eigenvalue weighted by atomic mass is 9.77. The Kier molecular flexibility index (Phi) is 6.11. The van der Waals surface area contributed by atoms with Gasteiger partial charge in [-0.1, -0.05) is 31.2 Å². The molecule has 3 aromatic rings. The van der Waals surface area contributed by atoms with Crippen molar-refractivity contribution in [2.75, 3.05) is 27.9 Å². The largest absolute Gasteiger partial charge is 0.493 e. The highest BCUT2D eigenvalue weighted by Gasteiger charge is 2.40. The minimum absolute atomic E-state index is 0.0867. The summed E-state index contributed by atoms with van der Waals surface area (Å²) in [6, 6.07) is 16.3. The van der Waals surface area contributed by atoms with Crippen LogP contribution in [-0.4, -0.2) is 41.2 Å². The van der Waals surface area contributed by atoms with Crippen molar-refractivity contribution in [2.24, 2.45) is 0 Å². The summed E-state index contributed by atoms with van der Waals surface area (Å²) in [4.78, 5) is 2.48. The second kappa shape index (κ2) is 9.09. The van der Waals surface area contributed by atoms with Crippen LogP contribution in [0.4, 0.5) is 0 Å². The Morgan fingerprint density at radius 1 is 0.857 bits per heavy atom. The molecule has 0 saturated heterocycles. The summed E-state index contributed by atoms with van der Waals surface area (Å²) in [7, 11) is 0.799. The van der Waals surface area contributed by atoms with Crippen molar-refractivity contribution in [2.45, 2.75) is 36.7 Å². The zero-order valence-corrected chi connectivity index (χ0v) is 21.1. The van der Waals surface area contributed by atoms with Gasteiger partial charge in [0, 0.05) is 30.6 Å². The Bertz CT molecular complexity index is 1360. The highest BCUT2D eigenvalue weighted by Crippen LogP contribution is 2.51. The van der Waals surface area contributed by atoms with Crippen molar-refractivity contribution in [3.05, 3.63) is 76.9 Å². The van der Waals surface area contributed by atoms with Gasteiger partial charge in [-0.15, -0.1) is 0 Å². The van der Waals surface area contributed by atoms with Gasteiger partial charge in [-0.2, -0.15) is 8.42 Å². The second-order valence-corrected chi connectivity index (χ2v) is 10.4. The molecule has 0 fully saturated rings. The predicted molar refractivity (Wildman–Crippen MR) is 132 cm³/mol. The van der Waals surface area contributed by atoms with Crippen LogP contribution in [0.25, 0.3) is 0 Å². The molecule has 0 N–H and O–H groups in total. The first-order valence-electron chi connectivity index (χ1n) is 11.6. The van der Waals surface area contributed by atoms with E-state index in [9.17, 15) is 8.42 Å². The first kappa shape index (κ1) is 23.5. The maximum absolute atomic E-state index is 13.1. The van der Waals surface area contributed by atoms with Gasteiger partial charge < -0.3 is 18.4 Å². The van der Waals surface area contributed by atoms with Gasteiger partial charge in [-0.25, -0.2) is 0 Å². The molecule has 0 aliphatic carbocycles. The maximum atomic E-state index is 13.1. The van der Waals surface area contributed by atoms with Gasteiger partial charge in [-0.3, -0.25) is 4.90 Å². The SMILES string of the molecule is COc1cc2c(cc1OC)C1C(C)c3ccc(OC)c(OS(=O)(=O)c4ccccc4)c3CN1CC2. The number of hydrogen-bond donors (Lipinski definition) is 0. The van der Waals surface area contributed by atoms with Gasteiger partial charge in [-0.05, 0) is 53.4 Å². The number of ether oxygens (including phenoxy) is 3. The topological polar surface area (TPSA) is 74.3 Å². The summed E-state index contributed by atoms with van der Waals surface area (Å²) < 4.78 is 48.6. The van der Waals surface area contributed by atoms with Crippen LogP contribution in [-0.2, 0) is 23.1 Å². The van der Waals surface area contributed by atoms with Gasteiger partial charge in [0.15, 0.2) is 23.0 Å². The quantitative estimate of drug-likeness (QED) is 0.459. The molecule has 0 amide bonds. The van der Waals surface area contributed by atoms with Crippen LogP contribution < -0.4 is 18.4 Å². The zero-order valence-electron chi connectivity index (χ0n) is 20.3. The van der Waals surface area contributed by atoms with E-state index in [0.29, 0.717) is 18.0 Å². The van der Waals surface area contributed by atoms with E-state index in [1.165, 1.54) is 30.4 Å². The molecule has 5 rings (SSSR count). The fraction of sp³-hybridized carbons (Fsp3) is 0.333. The molecule has 0 aromatic heterocycles. The molecule has 0 saturated carbocycles.